The molecule has 1 heterocycles. The Kier molecular flexibility index (Phi) is 6.12. The van der Waals surface area contributed by atoms with Crippen LogP contribution in [0, 0.1) is 11.3 Å². The number of nitrogens with one attached hydrogen (secondary N) is 1. The highest BCUT2D eigenvalue weighted by Gasteiger charge is 2.28. The van der Waals surface area contributed by atoms with E-state index < -0.39 is 12.7 Å². The van der Waals surface area contributed by atoms with Gasteiger partial charge in [-0.2, -0.15) is 13.2 Å². The van der Waals surface area contributed by atoms with Crippen molar-refractivity contribution in [2.24, 2.45) is 11.3 Å². The maximum absolute atomic E-state index is 12.0. The molecule has 1 aliphatic rings. The van der Waals surface area contributed by atoms with Crippen LogP contribution in [0.3, 0.4) is 0 Å². The van der Waals surface area contributed by atoms with Gasteiger partial charge in [0, 0.05) is 13.1 Å². The second-order valence-electron chi connectivity index (χ2n) is 6.63. The Morgan fingerprint density at radius 2 is 1.79 bits per heavy atom. The number of hydrogen-bond acceptors (Lipinski definition) is 2. The smallest absolute Gasteiger partial charge is 0.307 e. The summed E-state index contributed by atoms with van der Waals surface area (Å²) in [6, 6.07) is 0. The van der Waals surface area contributed by atoms with Crippen LogP contribution in [0.15, 0.2) is 0 Å². The van der Waals surface area contributed by atoms with Crippen LogP contribution >= 0.6 is 0 Å². The minimum atomic E-state index is -4.10. The van der Waals surface area contributed by atoms with Gasteiger partial charge in [0.1, 0.15) is 0 Å². The Balaban J connectivity index is 2.23. The lowest BCUT2D eigenvalue weighted by atomic mass is 9.77. The first-order valence-corrected chi connectivity index (χ1v) is 7.18. The van der Waals surface area contributed by atoms with E-state index in [1.165, 1.54) is 6.42 Å². The van der Waals surface area contributed by atoms with Crippen LogP contribution in [0.2, 0.25) is 0 Å². The highest BCUT2D eigenvalue weighted by atomic mass is 19.4. The third kappa shape index (κ3) is 7.16. The molecule has 0 aromatic heterocycles. The Morgan fingerprint density at radius 1 is 1.11 bits per heavy atom. The molecule has 0 radical (unpaired) electrons. The highest BCUT2D eigenvalue weighted by molar-refractivity contribution is 4.79. The van der Waals surface area contributed by atoms with E-state index in [-0.39, 0.29) is 0 Å². The van der Waals surface area contributed by atoms with E-state index in [1.54, 1.807) is 0 Å². The third-order valence-corrected chi connectivity index (χ3v) is 3.98. The van der Waals surface area contributed by atoms with Gasteiger partial charge in [-0.25, -0.2) is 0 Å². The maximum atomic E-state index is 12.0. The van der Waals surface area contributed by atoms with E-state index >= 15 is 0 Å². The zero-order chi connectivity index (χ0) is 14.5. The first kappa shape index (κ1) is 16.8. The van der Waals surface area contributed by atoms with E-state index in [1.807, 2.05) is 0 Å². The van der Waals surface area contributed by atoms with Crippen LogP contribution in [0.5, 0.6) is 0 Å². The molecule has 114 valence electrons. The number of hydrogen-bond donors (Lipinski definition) is 1. The van der Waals surface area contributed by atoms with Crippen molar-refractivity contribution in [3.8, 4) is 0 Å². The fourth-order valence-corrected chi connectivity index (χ4v) is 2.71. The Bertz CT molecular complexity index is 258. The van der Waals surface area contributed by atoms with Crippen LogP contribution < -0.4 is 5.32 Å². The van der Waals surface area contributed by atoms with Gasteiger partial charge in [0.05, 0.1) is 6.54 Å². The topological polar surface area (TPSA) is 15.3 Å². The molecule has 19 heavy (non-hydrogen) atoms. The van der Waals surface area contributed by atoms with E-state index in [4.69, 9.17) is 0 Å². The van der Waals surface area contributed by atoms with E-state index in [2.05, 4.69) is 31.0 Å². The Labute approximate surface area is 114 Å². The maximum Gasteiger partial charge on any atom is 0.401 e. The lowest BCUT2D eigenvalue weighted by molar-refractivity contribution is -0.124. The quantitative estimate of drug-likeness (QED) is 0.795. The van der Waals surface area contributed by atoms with Crippen LogP contribution in [0.25, 0.3) is 0 Å². The molecule has 1 rings (SSSR count). The molecule has 1 aliphatic heterocycles. The number of rotatable bonds is 4. The molecular weight excluding hydrogens is 253 g/mol. The fraction of sp³-hybridized carbons (Fsp3) is 1.00. The van der Waals surface area contributed by atoms with Gasteiger partial charge in [-0.15, -0.1) is 0 Å². The van der Waals surface area contributed by atoms with Gasteiger partial charge in [0.2, 0.25) is 0 Å². The molecule has 0 aliphatic carbocycles. The van der Waals surface area contributed by atoms with E-state index in [0.717, 1.165) is 31.8 Å². The summed E-state index contributed by atoms with van der Waals surface area (Å²) in [6.45, 7) is 9.10. The van der Waals surface area contributed by atoms with Crippen molar-refractivity contribution in [2.75, 3.05) is 32.7 Å². The second-order valence-corrected chi connectivity index (χ2v) is 6.63. The summed E-state index contributed by atoms with van der Waals surface area (Å²) >= 11 is 0. The molecule has 0 amide bonds. The van der Waals surface area contributed by atoms with Crippen molar-refractivity contribution in [2.45, 2.75) is 46.2 Å². The molecule has 0 saturated carbocycles. The number of alkyl halides is 3. The Hall–Kier alpha value is -0.290. The largest absolute Gasteiger partial charge is 0.401 e. The lowest BCUT2D eigenvalue weighted by Gasteiger charge is -2.29. The standard InChI is InChI=1S/C14H27F3N2/c1-13(2,3)12-5-4-8-19(9-6-12)10-7-18-11-14(15,16)17/h12,18H,4-11H2,1-3H3. The average molecular weight is 280 g/mol. The van der Waals surface area contributed by atoms with Crippen LogP contribution in [-0.2, 0) is 0 Å². The van der Waals surface area contributed by atoms with Crippen molar-refractivity contribution in [1.82, 2.24) is 10.2 Å². The fourth-order valence-electron chi connectivity index (χ4n) is 2.71. The van der Waals surface area contributed by atoms with Crippen molar-refractivity contribution in [1.29, 1.82) is 0 Å². The van der Waals surface area contributed by atoms with Crippen LogP contribution in [0.1, 0.15) is 40.0 Å². The van der Waals surface area contributed by atoms with E-state index in [9.17, 15) is 13.2 Å². The normalized spacial score (nSPS) is 23.4. The molecule has 5 heteroatoms. The predicted molar refractivity (Wildman–Crippen MR) is 72.2 cm³/mol. The molecule has 0 aromatic carbocycles. The summed E-state index contributed by atoms with van der Waals surface area (Å²) in [5.74, 6) is 0.723. The molecular formula is C14H27F3N2. The molecule has 1 atom stereocenters. The second kappa shape index (κ2) is 6.93. The Morgan fingerprint density at radius 3 is 2.37 bits per heavy atom. The zero-order valence-electron chi connectivity index (χ0n) is 12.3. The van der Waals surface area contributed by atoms with Crippen molar-refractivity contribution >= 4 is 0 Å². The monoisotopic (exact) mass is 280 g/mol. The first-order valence-electron chi connectivity index (χ1n) is 7.18. The van der Waals surface area contributed by atoms with Crippen LogP contribution in [-0.4, -0.2) is 43.8 Å². The molecule has 2 nitrogen and oxygen atoms in total. The summed E-state index contributed by atoms with van der Waals surface area (Å²) in [5.41, 5.74) is 0.338. The number of likely N-dealkylation sites (tertiary alicyclic amines) is 1. The summed E-state index contributed by atoms with van der Waals surface area (Å²) in [4.78, 5) is 2.29. The van der Waals surface area contributed by atoms with Gasteiger partial charge in [-0.1, -0.05) is 20.8 Å². The van der Waals surface area contributed by atoms with Crippen LogP contribution in [0.4, 0.5) is 13.2 Å². The average Bonchev–Trinajstić information content (AvgIpc) is 2.47. The van der Waals surface area contributed by atoms with E-state index in [0.29, 0.717) is 18.5 Å². The van der Waals surface area contributed by atoms with Crippen molar-refractivity contribution in [3.05, 3.63) is 0 Å². The molecule has 0 aromatic rings. The predicted octanol–water partition coefficient (Wildman–Crippen LogP) is 3.29. The van der Waals surface area contributed by atoms with Gasteiger partial charge in [-0.3, -0.25) is 0 Å². The van der Waals surface area contributed by atoms with Gasteiger partial charge < -0.3 is 10.2 Å². The summed E-state index contributed by atoms with van der Waals surface area (Å²) in [5, 5.41) is 2.47. The van der Waals surface area contributed by atoms with Crippen molar-refractivity contribution in [3.63, 3.8) is 0 Å². The molecule has 1 N–H and O–H groups in total. The highest BCUT2D eigenvalue weighted by Crippen LogP contribution is 2.34. The number of nitrogens with zero attached hydrogens (tertiary/aromatic N) is 1. The minimum absolute atomic E-state index is 0.338. The summed E-state index contributed by atoms with van der Waals surface area (Å²) in [7, 11) is 0. The SMILES string of the molecule is CC(C)(C)C1CCCN(CCNCC(F)(F)F)CC1. The minimum Gasteiger partial charge on any atom is -0.307 e. The summed E-state index contributed by atoms with van der Waals surface area (Å²) < 4.78 is 36.0. The zero-order valence-corrected chi connectivity index (χ0v) is 12.3. The van der Waals surface area contributed by atoms with Gasteiger partial charge in [0.25, 0.3) is 0 Å². The third-order valence-electron chi connectivity index (χ3n) is 3.98. The lowest BCUT2D eigenvalue weighted by Crippen LogP contribution is -2.37. The number of halogens is 3. The van der Waals surface area contributed by atoms with Gasteiger partial charge in [-0.05, 0) is 43.7 Å². The summed E-state index contributed by atoms with van der Waals surface area (Å²) in [6.07, 6.45) is -0.559. The molecule has 0 spiro atoms. The molecule has 1 unspecified atom stereocenters. The molecule has 1 fully saturated rings. The van der Waals surface area contributed by atoms with Gasteiger partial charge >= 0.3 is 6.18 Å². The first-order chi connectivity index (χ1) is 8.68. The molecule has 1 saturated heterocycles. The van der Waals surface area contributed by atoms with Crippen molar-refractivity contribution < 1.29 is 13.2 Å². The molecule has 0 bridgehead atoms. The van der Waals surface area contributed by atoms with Gasteiger partial charge in [0.15, 0.2) is 0 Å².